The van der Waals surface area contributed by atoms with Crippen molar-refractivity contribution in [2.45, 2.75) is 0 Å². The average molecular weight is 367 g/mol. The molecule has 8 nitrogen and oxygen atoms in total. The van der Waals surface area contributed by atoms with Crippen LogP contribution in [0.5, 0.6) is 11.5 Å². The quantitative estimate of drug-likeness (QED) is 0.668. The minimum Gasteiger partial charge on any atom is -0.497 e. The lowest BCUT2D eigenvalue weighted by atomic mass is 10.2. The van der Waals surface area contributed by atoms with Crippen LogP contribution in [-0.4, -0.2) is 42.7 Å². The van der Waals surface area contributed by atoms with E-state index in [1.165, 1.54) is 20.4 Å². The molecule has 0 aliphatic carbocycles. The van der Waals surface area contributed by atoms with Crippen molar-refractivity contribution in [1.29, 1.82) is 0 Å². The van der Waals surface area contributed by atoms with Gasteiger partial charge in [-0.15, -0.1) is 0 Å². The molecule has 0 radical (unpaired) electrons. The summed E-state index contributed by atoms with van der Waals surface area (Å²) in [5, 5.41) is 2.63. The number of nitrogens with zero attached hydrogens (tertiary/aromatic N) is 2. The van der Waals surface area contributed by atoms with Crippen LogP contribution in [0.2, 0.25) is 0 Å². The van der Waals surface area contributed by atoms with Crippen molar-refractivity contribution in [2.24, 2.45) is 0 Å². The van der Waals surface area contributed by atoms with Crippen molar-refractivity contribution >= 4 is 28.6 Å². The molecule has 0 fully saturated rings. The topological polar surface area (TPSA) is 99.6 Å². The Balaban J connectivity index is 1.62. The summed E-state index contributed by atoms with van der Waals surface area (Å²) in [5.74, 6) is -0.0930. The van der Waals surface area contributed by atoms with Crippen LogP contribution in [0.4, 0.5) is 5.69 Å². The number of anilines is 1. The van der Waals surface area contributed by atoms with Gasteiger partial charge in [0.05, 0.1) is 36.5 Å². The molecule has 0 saturated heterocycles. The Hall–Kier alpha value is -3.68. The normalized spacial score (nSPS) is 10.3. The maximum atomic E-state index is 12.2. The third kappa shape index (κ3) is 4.30. The molecule has 0 aliphatic rings. The second-order valence-corrected chi connectivity index (χ2v) is 5.45. The number of methoxy groups -OCH3 is 2. The smallest absolute Gasteiger partial charge is 0.338 e. The minimum atomic E-state index is -0.626. The van der Waals surface area contributed by atoms with E-state index in [9.17, 15) is 9.59 Å². The van der Waals surface area contributed by atoms with Gasteiger partial charge in [0.2, 0.25) is 0 Å². The fourth-order valence-corrected chi connectivity index (χ4v) is 2.39. The van der Waals surface area contributed by atoms with Crippen LogP contribution in [0.25, 0.3) is 11.0 Å². The molecule has 1 N–H and O–H groups in total. The molecular formula is C19H17N3O5. The van der Waals surface area contributed by atoms with E-state index < -0.39 is 18.5 Å². The first-order chi connectivity index (χ1) is 13.1. The lowest BCUT2D eigenvalue weighted by molar-refractivity contribution is -0.119. The van der Waals surface area contributed by atoms with E-state index in [0.717, 1.165) is 0 Å². The summed E-state index contributed by atoms with van der Waals surface area (Å²) in [6, 6.07) is 9.76. The fraction of sp³-hybridized carbons (Fsp3) is 0.158. The molecule has 0 spiro atoms. The Bertz CT molecular complexity index is 990. The number of fused-ring (bicyclic) bond motifs is 1. The van der Waals surface area contributed by atoms with Crippen LogP contribution in [0.15, 0.2) is 48.8 Å². The summed E-state index contributed by atoms with van der Waals surface area (Å²) in [4.78, 5) is 32.5. The first-order valence-electron chi connectivity index (χ1n) is 8.00. The first kappa shape index (κ1) is 18.1. The van der Waals surface area contributed by atoms with Gasteiger partial charge in [0, 0.05) is 18.5 Å². The van der Waals surface area contributed by atoms with E-state index in [1.807, 2.05) is 0 Å². The lowest BCUT2D eigenvalue weighted by Gasteiger charge is -2.12. The maximum absolute atomic E-state index is 12.2. The number of hydrogen-bond donors (Lipinski definition) is 1. The van der Waals surface area contributed by atoms with Crippen LogP contribution in [0.3, 0.4) is 0 Å². The van der Waals surface area contributed by atoms with E-state index >= 15 is 0 Å². The van der Waals surface area contributed by atoms with Gasteiger partial charge in [-0.25, -0.2) is 4.79 Å². The number of carbonyl (C=O) groups is 2. The van der Waals surface area contributed by atoms with Crippen LogP contribution in [0, 0.1) is 0 Å². The van der Waals surface area contributed by atoms with Crippen molar-refractivity contribution in [3.05, 3.63) is 54.4 Å². The van der Waals surface area contributed by atoms with Crippen LogP contribution >= 0.6 is 0 Å². The van der Waals surface area contributed by atoms with Gasteiger partial charge in [-0.1, -0.05) is 0 Å². The van der Waals surface area contributed by atoms with Crippen LogP contribution < -0.4 is 14.8 Å². The highest BCUT2D eigenvalue weighted by Gasteiger charge is 2.13. The first-order valence-corrected chi connectivity index (χ1v) is 8.00. The van der Waals surface area contributed by atoms with E-state index in [2.05, 4.69) is 15.3 Å². The van der Waals surface area contributed by atoms with Crippen molar-refractivity contribution < 1.29 is 23.8 Å². The summed E-state index contributed by atoms with van der Waals surface area (Å²) in [5.41, 5.74) is 1.97. The number of amides is 1. The zero-order valence-electron chi connectivity index (χ0n) is 14.8. The number of aromatic nitrogens is 2. The van der Waals surface area contributed by atoms with Gasteiger partial charge < -0.3 is 19.5 Å². The summed E-state index contributed by atoms with van der Waals surface area (Å²) in [6.45, 7) is -0.438. The highest BCUT2D eigenvalue weighted by Crippen LogP contribution is 2.28. The number of hydrogen-bond acceptors (Lipinski definition) is 7. The highest BCUT2D eigenvalue weighted by molar-refractivity contribution is 5.97. The third-order valence-electron chi connectivity index (χ3n) is 3.72. The predicted octanol–water partition coefficient (Wildman–Crippen LogP) is 2.44. The predicted molar refractivity (Wildman–Crippen MR) is 98.0 cm³/mol. The number of ether oxygens (including phenoxy) is 3. The molecule has 1 aromatic heterocycles. The Morgan fingerprint density at radius 3 is 2.48 bits per heavy atom. The summed E-state index contributed by atoms with van der Waals surface area (Å²) in [6.07, 6.45) is 3.10. The van der Waals surface area contributed by atoms with E-state index in [1.54, 1.807) is 42.6 Å². The van der Waals surface area contributed by atoms with Gasteiger partial charge >= 0.3 is 5.97 Å². The van der Waals surface area contributed by atoms with Gasteiger partial charge in [0.1, 0.15) is 11.5 Å². The largest absolute Gasteiger partial charge is 0.497 e. The Morgan fingerprint density at radius 2 is 1.74 bits per heavy atom. The second-order valence-electron chi connectivity index (χ2n) is 5.45. The zero-order valence-corrected chi connectivity index (χ0v) is 14.8. The second kappa shape index (κ2) is 8.13. The van der Waals surface area contributed by atoms with Crippen molar-refractivity contribution in [2.75, 3.05) is 26.1 Å². The van der Waals surface area contributed by atoms with Gasteiger partial charge in [-0.2, -0.15) is 0 Å². The zero-order chi connectivity index (χ0) is 19.2. The number of esters is 1. The number of benzene rings is 2. The molecule has 138 valence electrons. The van der Waals surface area contributed by atoms with Crippen molar-refractivity contribution in [3.8, 4) is 11.5 Å². The molecule has 3 aromatic rings. The van der Waals surface area contributed by atoms with Gasteiger partial charge in [-0.05, 0) is 30.3 Å². The molecule has 1 heterocycles. The number of nitrogens with one attached hydrogen (secondary N) is 1. The van der Waals surface area contributed by atoms with Crippen molar-refractivity contribution in [1.82, 2.24) is 9.97 Å². The third-order valence-corrected chi connectivity index (χ3v) is 3.72. The minimum absolute atomic E-state index is 0.290. The average Bonchev–Trinajstić information content (AvgIpc) is 2.71. The summed E-state index contributed by atoms with van der Waals surface area (Å²) in [7, 11) is 3.01. The van der Waals surface area contributed by atoms with E-state index in [4.69, 9.17) is 14.2 Å². The van der Waals surface area contributed by atoms with E-state index in [0.29, 0.717) is 28.2 Å². The molecule has 2 aromatic carbocycles. The SMILES string of the molecule is COc1ccc(NC(=O)COC(=O)c2ccc3nccnc3c2)c(OC)c1. The fourth-order valence-electron chi connectivity index (χ4n) is 2.39. The molecule has 0 bridgehead atoms. The molecule has 0 saturated carbocycles. The van der Waals surface area contributed by atoms with E-state index in [-0.39, 0.29) is 5.56 Å². The molecule has 0 aliphatic heterocycles. The molecule has 0 atom stereocenters. The number of carbonyl (C=O) groups excluding carboxylic acids is 2. The summed E-state index contributed by atoms with van der Waals surface area (Å²) < 4.78 is 15.4. The van der Waals surface area contributed by atoms with Gasteiger partial charge in [-0.3, -0.25) is 14.8 Å². The lowest BCUT2D eigenvalue weighted by Crippen LogP contribution is -2.21. The highest BCUT2D eigenvalue weighted by atomic mass is 16.5. The molecule has 27 heavy (non-hydrogen) atoms. The standard InChI is InChI=1S/C19H17N3O5/c1-25-13-4-6-15(17(10-13)26-2)22-18(23)11-27-19(24)12-3-5-14-16(9-12)21-8-7-20-14/h3-10H,11H2,1-2H3,(H,22,23). The monoisotopic (exact) mass is 367 g/mol. The summed E-state index contributed by atoms with van der Waals surface area (Å²) >= 11 is 0. The Kier molecular flexibility index (Phi) is 5.46. The van der Waals surface area contributed by atoms with Crippen molar-refractivity contribution in [3.63, 3.8) is 0 Å². The van der Waals surface area contributed by atoms with Crippen LogP contribution in [-0.2, 0) is 9.53 Å². The molecule has 1 amide bonds. The Labute approximate surface area is 155 Å². The molecular weight excluding hydrogens is 350 g/mol. The molecule has 8 heteroatoms. The maximum Gasteiger partial charge on any atom is 0.338 e. The molecule has 0 unspecified atom stereocenters. The van der Waals surface area contributed by atoms with Gasteiger partial charge in [0.25, 0.3) is 5.91 Å². The van der Waals surface area contributed by atoms with Gasteiger partial charge in [0.15, 0.2) is 6.61 Å². The molecule has 3 rings (SSSR count). The number of rotatable bonds is 6. The Morgan fingerprint density at radius 1 is 0.963 bits per heavy atom. The van der Waals surface area contributed by atoms with Crippen LogP contribution in [0.1, 0.15) is 10.4 Å².